The van der Waals surface area contributed by atoms with E-state index in [0.717, 1.165) is 4.90 Å². The van der Waals surface area contributed by atoms with Crippen LogP contribution in [0.2, 0.25) is 5.02 Å². The van der Waals surface area contributed by atoms with Crippen LogP contribution < -0.4 is 11.4 Å². The number of hydrogen-bond donors (Lipinski definition) is 2. The third-order valence-corrected chi connectivity index (χ3v) is 3.53. The summed E-state index contributed by atoms with van der Waals surface area (Å²) >= 11 is 7.15. The van der Waals surface area contributed by atoms with Crippen molar-refractivity contribution < 1.29 is 0 Å². The van der Waals surface area contributed by atoms with Crippen LogP contribution in [0, 0.1) is 0 Å². The molecular weight excluding hydrogens is 260 g/mol. The number of aromatic nitrogens is 3. The second kappa shape index (κ2) is 4.85. The van der Waals surface area contributed by atoms with Crippen molar-refractivity contribution in [1.29, 1.82) is 0 Å². The van der Waals surface area contributed by atoms with Crippen molar-refractivity contribution in [2.75, 3.05) is 5.73 Å². The van der Waals surface area contributed by atoms with Crippen molar-refractivity contribution in [2.45, 2.75) is 23.5 Å². The molecule has 0 saturated heterocycles. The van der Waals surface area contributed by atoms with Crippen LogP contribution in [0.15, 0.2) is 33.0 Å². The van der Waals surface area contributed by atoms with Crippen LogP contribution in [0.4, 0.5) is 5.69 Å². The average molecular weight is 271 g/mol. The lowest BCUT2D eigenvalue weighted by Gasteiger charge is -2.05. The number of anilines is 1. The zero-order valence-corrected chi connectivity index (χ0v) is 10.7. The molecule has 0 aliphatic rings. The number of benzene rings is 1. The van der Waals surface area contributed by atoms with Gasteiger partial charge in [0.15, 0.2) is 5.16 Å². The first-order valence-corrected chi connectivity index (χ1v) is 6.19. The van der Waals surface area contributed by atoms with Crippen molar-refractivity contribution in [3.63, 3.8) is 0 Å². The third kappa shape index (κ3) is 2.48. The van der Waals surface area contributed by atoms with E-state index in [0.29, 0.717) is 22.4 Å². The average Bonchev–Trinajstić information content (AvgIpc) is 2.63. The molecule has 90 valence electrons. The molecule has 1 heterocycles. The number of aromatic amines is 1. The third-order valence-electron chi connectivity index (χ3n) is 2.21. The van der Waals surface area contributed by atoms with Gasteiger partial charge in [0, 0.05) is 22.2 Å². The molecule has 0 aliphatic heterocycles. The number of nitrogen functional groups attached to an aromatic ring is 1. The zero-order chi connectivity index (χ0) is 12.4. The van der Waals surface area contributed by atoms with Gasteiger partial charge in [-0.3, -0.25) is 4.57 Å². The van der Waals surface area contributed by atoms with Gasteiger partial charge in [0.25, 0.3) is 0 Å². The van der Waals surface area contributed by atoms with Crippen molar-refractivity contribution in [2.24, 2.45) is 0 Å². The Morgan fingerprint density at radius 2 is 2.35 bits per heavy atom. The first kappa shape index (κ1) is 12.1. The summed E-state index contributed by atoms with van der Waals surface area (Å²) in [5, 5.41) is 7.53. The van der Waals surface area contributed by atoms with E-state index >= 15 is 0 Å². The number of H-pyrrole nitrogens is 1. The second-order valence-electron chi connectivity index (χ2n) is 3.34. The molecule has 0 aliphatic carbocycles. The van der Waals surface area contributed by atoms with E-state index < -0.39 is 0 Å². The van der Waals surface area contributed by atoms with E-state index in [1.54, 1.807) is 16.7 Å². The molecule has 7 heteroatoms. The molecular formula is C10H11ClN4OS. The highest BCUT2D eigenvalue weighted by Crippen LogP contribution is 2.31. The monoisotopic (exact) mass is 270 g/mol. The number of rotatable bonds is 3. The molecule has 17 heavy (non-hydrogen) atoms. The van der Waals surface area contributed by atoms with Crippen LogP contribution in [-0.4, -0.2) is 14.8 Å². The fourth-order valence-corrected chi connectivity index (χ4v) is 2.47. The Kier molecular flexibility index (Phi) is 3.44. The van der Waals surface area contributed by atoms with Gasteiger partial charge in [0.2, 0.25) is 0 Å². The van der Waals surface area contributed by atoms with Gasteiger partial charge in [-0.25, -0.2) is 9.89 Å². The number of nitrogens with one attached hydrogen (secondary N) is 1. The van der Waals surface area contributed by atoms with Crippen LogP contribution in [0.3, 0.4) is 0 Å². The summed E-state index contributed by atoms with van der Waals surface area (Å²) < 4.78 is 1.54. The Labute approximate surface area is 107 Å². The molecule has 3 N–H and O–H groups in total. The van der Waals surface area contributed by atoms with Gasteiger partial charge in [-0.2, -0.15) is 0 Å². The molecule has 2 aromatic rings. The Hall–Kier alpha value is -1.40. The minimum absolute atomic E-state index is 0.220. The quantitative estimate of drug-likeness (QED) is 0.836. The van der Waals surface area contributed by atoms with E-state index in [4.69, 9.17) is 17.3 Å². The van der Waals surface area contributed by atoms with E-state index in [-0.39, 0.29) is 5.69 Å². The standard InChI is InChI=1S/C10H11ClN4OS/c1-2-15-9(16)13-14-10(15)17-8-4-3-6(11)5-7(8)12/h3-5H,2,12H2,1H3,(H,13,16). The zero-order valence-electron chi connectivity index (χ0n) is 9.11. The Morgan fingerprint density at radius 3 is 3.00 bits per heavy atom. The van der Waals surface area contributed by atoms with Gasteiger partial charge in [0.05, 0.1) is 0 Å². The molecule has 0 spiro atoms. The fraction of sp³-hybridized carbons (Fsp3) is 0.200. The highest BCUT2D eigenvalue weighted by Gasteiger charge is 2.10. The number of nitrogens with two attached hydrogens (primary N) is 1. The lowest BCUT2D eigenvalue weighted by Crippen LogP contribution is -2.16. The summed E-state index contributed by atoms with van der Waals surface area (Å²) in [6.45, 7) is 2.44. The van der Waals surface area contributed by atoms with E-state index in [9.17, 15) is 4.79 Å². The van der Waals surface area contributed by atoms with Crippen molar-refractivity contribution in [3.8, 4) is 0 Å². The molecule has 0 saturated carbocycles. The van der Waals surface area contributed by atoms with Gasteiger partial charge in [-0.1, -0.05) is 11.6 Å². The summed E-state index contributed by atoms with van der Waals surface area (Å²) in [5.41, 5.74) is 6.19. The molecule has 2 rings (SSSR count). The predicted molar refractivity (Wildman–Crippen MR) is 68.5 cm³/mol. The van der Waals surface area contributed by atoms with Crippen molar-refractivity contribution in [3.05, 3.63) is 33.7 Å². The predicted octanol–water partition coefficient (Wildman–Crippen LogP) is 1.98. The number of hydrogen-bond acceptors (Lipinski definition) is 4. The van der Waals surface area contributed by atoms with Crippen LogP contribution >= 0.6 is 23.4 Å². The van der Waals surface area contributed by atoms with Gasteiger partial charge in [-0.05, 0) is 36.9 Å². The maximum Gasteiger partial charge on any atom is 0.343 e. The van der Waals surface area contributed by atoms with E-state index in [2.05, 4.69) is 10.2 Å². The normalized spacial score (nSPS) is 10.7. The summed E-state index contributed by atoms with van der Waals surface area (Å²) in [6, 6.07) is 5.23. The summed E-state index contributed by atoms with van der Waals surface area (Å²) in [7, 11) is 0. The fourth-order valence-electron chi connectivity index (χ4n) is 1.37. The lowest BCUT2D eigenvalue weighted by atomic mass is 10.3. The first-order valence-electron chi connectivity index (χ1n) is 5.00. The smallest absolute Gasteiger partial charge is 0.343 e. The second-order valence-corrected chi connectivity index (χ2v) is 4.79. The highest BCUT2D eigenvalue weighted by molar-refractivity contribution is 7.99. The largest absolute Gasteiger partial charge is 0.398 e. The minimum Gasteiger partial charge on any atom is -0.398 e. The van der Waals surface area contributed by atoms with Gasteiger partial charge >= 0.3 is 5.69 Å². The molecule has 0 bridgehead atoms. The molecule has 0 fully saturated rings. The van der Waals surface area contributed by atoms with Gasteiger partial charge < -0.3 is 5.73 Å². The molecule has 0 atom stereocenters. The Morgan fingerprint density at radius 1 is 1.59 bits per heavy atom. The van der Waals surface area contributed by atoms with Gasteiger partial charge in [0.1, 0.15) is 0 Å². The van der Waals surface area contributed by atoms with Gasteiger partial charge in [-0.15, -0.1) is 5.10 Å². The van der Waals surface area contributed by atoms with E-state index in [1.165, 1.54) is 11.8 Å². The lowest BCUT2D eigenvalue weighted by molar-refractivity contribution is 0.660. The molecule has 1 aromatic carbocycles. The minimum atomic E-state index is -0.220. The SMILES string of the molecule is CCn1c(Sc2ccc(Cl)cc2N)n[nH]c1=O. The molecule has 0 amide bonds. The van der Waals surface area contributed by atoms with Crippen LogP contribution in [-0.2, 0) is 6.54 Å². The maximum atomic E-state index is 11.4. The summed E-state index contributed by atoms with van der Waals surface area (Å²) in [6.07, 6.45) is 0. The molecule has 0 unspecified atom stereocenters. The topological polar surface area (TPSA) is 76.7 Å². The maximum absolute atomic E-state index is 11.4. The highest BCUT2D eigenvalue weighted by atomic mass is 35.5. The Bertz CT molecular complexity index is 592. The summed E-state index contributed by atoms with van der Waals surface area (Å²) in [4.78, 5) is 12.2. The first-order chi connectivity index (χ1) is 8.11. The number of nitrogens with zero attached hydrogens (tertiary/aromatic N) is 2. The van der Waals surface area contributed by atoms with Crippen molar-refractivity contribution >= 4 is 29.1 Å². The van der Waals surface area contributed by atoms with Crippen LogP contribution in [0.1, 0.15) is 6.92 Å². The summed E-state index contributed by atoms with van der Waals surface area (Å²) in [5.74, 6) is 0. The van der Waals surface area contributed by atoms with E-state index in [1.807, 2.05) is 13.0 Å². The number of halogens is 1. The Balaban J connectivity index is 2.34. The molecule has 0 radical (unpaired) electrons. The molecule has 1 aromatic heterocycles. The van der Waals surface area contributed by atoms with Crippen molar-refractivity contribution in [1.82, 2.24) is 14.8 Å². The van der Waals surface area contributed by atoms with Crippen LogP contribution in [0.25, 0.3) is 0 Å². The molecule has 5 nitrogen and oxygen atoms in total. The van der Waals surface area contributed by atoms with Crippen LogP contribution in [0.5, 0.6) is 0 Å².